The van der Waals surface area contributed by atoms with E-state index >= 15 is 0 Å². The van der Waals surface area contributed by atoms with Crippen LogP contribution in [0.1, 0.15) is 0 Å². The van der Waals surface area contributed by atoms with E-state index in [9.17, 15) is 0 Å². The first-order valence-corrected chi connectivity index (χ1v) is 6.27. The number of methoxy groups -OCH3 is 1. The van der Waals surface area contributed by atoms with Gasteiger partial charge in [-0.3, -0.25) is 0 Å². The van der Waals surface area contributed by atoms with Crippen LogP contribution in [-0.4, -0.2) is 16.7 Å². The number of benzene rings is 1. The highest BCUT2D eigenvalue weighted by Crippen LogP contribution is 2.27. The van der Waals surface area contributed by atoms with Gasteiger partial charge in [0.05, 0.1) is 18.1 Å². The Morgan fingerprint density at radius 3 is 2.88 bits per heavy atom. The van der Waals surface area contributed by atoms with Crippen molar-refractivity contribution in [3.05, 3.63) is 35.0 Å². The van der Waals surface area contributed by atoms with Crippen molar-refractivity contribution in [1.29, 1.82) is 0 Å². The van der Waals surface area contributed by atoms with Crippen LogP contribution >= 0.6 is 11.3 Å². The second-order valence-electron chi connectivity index (χ2n) is 3.86. The largest absolute Gasteiger partial charge is 0.497 e. The Balaban J connectivity index is 2.24. The third-order valence-corrected chi connectivity index (χ3v) is 3.55. The van der Waals surface area contributed by atoms with Crippen LogP contribution in [0.25, 0.3) is 22.4 Å². The minimum Gasteiger partial charge on any atom is -0.497 e. The van der Waals surface area contributed by atoms with Crippen LogP contribution in [0.4, 0.5) is 0 Å². The number of hydrogen-bond donors (Lipinski definition) is 0. The van der Waals surface area contributed by atoms with Crippen LogP contribution < -0.4 is 4.74 Å². The third kappa shape index (κ3) is 1.61. The summed E-state index contributed by atoms with van der Waals surface area (Å²) in [7, 11) is 3.71. The van der Waals surface area contributed by atoms with Crippen LogP contribution in [0, 0.1) is 0 Å². The van der Waals surface area contributed by atoms with Gasteiger partial charge in [-0.1, -0.05) is 0 Å². The summed E-state index contributed by atoms with van der Waals surface area (Å²) >= 11 is 1.68. The number of aromatic nitrogens is 2. The van der Waals surface area contributed by atoms with Gasteiger partial charge in [-0.05, 0) is 23.6 Å². The normalized spacial score (nSPS) is 10.9. The number of fused-ring (bicyclic) bond motifs is 1. The highest BCUT2D eigenvalue weighted by atomic mass is 32.1. The molecular formula is C13H12N2OS. The summed E-state index contributed by atoms with van der Waals surface area (Å²) in [6.45, 7) is 0. The molecule has 0 bridgehead atoms. The lowest BCUT2D eigenvalue weighted by atomic mass is 10.3. The molecule has 0 amide bonds. The number of thiophene rings is 1. The average Bonchev–Trinajstić information content (AvgIpc) is 2.97. The van der Waals surface area contributed by atoms with Gasteiger partial charge in [0.1, 0.15) is 11.6 Å². The van der Waals surface area contributed by atoms with E-state index in [2.05, 4.69) is 26.4 Å². The summed E-state index contributed by atoms with van der Waals surface area (Å²) < 4.78 is 7.32. The topological polar surface area (TPSA) is 27.1 Å². The summed E-state index contributed by atoms with van der Waals surface area (Å²) in [5.74, 6) is 1.84. The first-order valence-electron chi connectivity index (χ1n) is 5.32. The minimum atomic E-state index is 0.840. The molecule has 4 heteroatoms. The lowest BCUT2D eigenvalue weighted by Gasteiger charge is -2.00. The molecule has 1 aromatic carbocycles. The number of hydrogen-bond acceptors (Lipinski definition) is 3. The molecule has 86 valence electrons. The molecule has 3 nitrogen and oxygen atoms in total. The number of imidazole rings is 1. The zero-order valence-corrected chi connectivity index (χ0v) is 10.5. The molecule has 3 rings (SSSR count). The predicted molar refractivity (Wildman–Crippen MR) is 70.6 cm³/mol. The fourth-order valence-corrected chi connectivity index (χ4v) is 2.59. The molecule has 0 radical (unpaired) electrons. The van der Waals surface area contributed by atoms with Crippen LogP contribution in [0.5, 0.6) is 5.75 Å². The maximum absolute atomic E-state index is 5.21. The van der Waals surface area contributed by atoms with Crippen LogP contribution in [-0.2, 0) is 7.05 Å². The van der Waals surface area contributed by atoms with E-state index in [-0.39, 0.29) is 0 Å². The molecule has 0 fully saturated rings. The highest BCUT2D eigenvalue weighted by molar-refractivity contribution is 7.08. The Bertz CT molecular complexity index is 655. The molecule has 0 saturated heterocycles. The molecule has 0 aliphatic carbocycles. The summed E-state index contributed by atoms with van der Waals surface area (Å²) in [6.07, 6.45) is 0. The second-order valence-corrected chi connectivity index (χ2v) is 4.64. The Hall–Kier alpha value is -1.81. The Morgan fingerprint density at radius 1 is 1.29 bits per heavy atom. The molecule has 2 aromatic heterocycles. The summed E-state index contributed by atoms with van der Waals surface area (Å²) in [5.41, 5.74) is 3.24. The zero-order chi connectivity index (χ0) is 11.8. The van der Waals surface area contributed by atoms with Crippen molar-refractivity contribution in [3.63, 3.8) is 0 Å². The van der Waals surface area contributed by atoms with Crippen molar-refractivity contribution in [3.8, 4) is 17.1 Å². The lowest BCUT2D eigenvalue weighted by Crippen LogP contribution is -1.90. The van der Waals surface area contributed by atoms with Gasteiger partial charge in [0, 0.05) is 24.1 Å². The Labute approximate surface area is 103 Å². The average molecular weight is 244 g/mol. The van der Waals surface area contributed by atoms with Crippen LogP contribution in [0.2, 0.25) is 0 Å². The van der Waals surface area contributed by atoms with E-state index in [1.54, 1.807) is 18.4 Å². The van der Waals surface area contributed by atoms with Crippen LogP contribution in [0.3, 0.4) is 0 Å². The van der Waals surface area contributed by atoms with Gasteiger partial charge in [-0.15, -0.1) is 0 Å². The van der Waals surface area contributed by atoms with E-state index in [4.69, 9.17) is 4.74 Å². The Kier molecular flexibility index (Phi) is 2.37. The molecular weight excluding hydrogens is 232 g/mol. The molecule has 2 heterocycles. The van der Waals surface area contributed by atoms with E-state index in [0.717, 1.165) is 28.2 Å². The zero-order valence-electron chi connectivity index (χ0n) is 9.68. The summed E-state index contributed by atoms with van der Waals surface area (Å²) in [5, 5.41) is 4.17. The number of rotatable bonds is 2. The molecule has 0 spiro atoms. The summed E-state index contributed by atoms with van der Waals surface area (Å²) in [4.78, 5) is 4.65. The van der Waals surface area contributed by atoms with Crippen molar-refractivity contribution < 1.29 is 4.74 Å². The quantitative estimate of drug-likeness (QED) is 0.691. The van der Waals surface area contributed by atoms with E-state index in [0.29, 0.717) is 0 Å². The van der Waals surface area contributed by atoms with Crippen molar-refractivity contribution in [1.82, 2.24) is 9.55 Å². The number of aryl methyl sites for hydroxylation is 1. The van der Waals surface area contributed by atoms with Crippen molar-refractivity contribution >= 4 is 22.4 Å². The predicted octanol–water partition coefficient (Wildman–Crippen LogP) is 3.31. The molecule has 0 N–H and O–H groups in total. The SMILES string of the molecule is COc1ccc2c(c1)nc(-c1ccsc1)n2C. The highest BCUT2D eigenvalue weighted by Gasteiger charge is 2.10. The van der Waals surface area contributed by atoms with Crippen molar-refractivity contribution in [2.24, 2.45) is 7.05 Å². The van der Waals surface area contributed by atoms with Crippen molar-refractivity contribution in [2.45, 2.75) is 0 Å². The molecule has 0 aliphatic heterocycles. The monoisotopic (exact) mass is 244 g/mol. The first-order chi connectivity index (χ1) is 8.29. The molecule has 0 saturated carbocycles. The van der Waals surface area contributed by atoms with Gasteiger partial charge in [0.2, 0.25) is 0 Å². The van der Waals surface area contributed by atoms with Gasteiger partial charge in [0.25, 0.3) is 0 Å². The first kappa shape index (κ1) is 10.4. The third-order valence-electron chi connectivity index (χ3n) is 2.87. The van der Waals surface area contributed by atoms with Crippen LogP contribution in [0.15, 0.2) is 35.0 Å². The van der Waals surface area contributed by atoms with Gasteiger partial charge >= 0.3 is 0 Å². The summed E-state index contributed by atoms with van der Waals surface area (Å²) in [6, 6.07) is 8.05. The maximum atomic E-state index is 5.21. The van der Waals surface area contributed by atoms with Gasteiger partial charge in [0.15, 0.2) is 0 Å². The lowest BCUT2D eigenvalue weighted by molar-refractivity contribution is 0.415. The molecule has 0 aliphatic rings. The maximum Gasteiger partial charge on any atom is 0.141 e. The molecule has 17 heavy (non-hydrogen) atoms. The smallest absolute Gasteiger partial charge is 0.141 e. The fourth-order valence-electron chi connectivity index (χ4n) is 1.96. The van der Waals surface area contributed by atoms with Gasteiger partial charge < -0.3 is 9.30 Å². The van der Waals surface area contributed by atoms with Gasteiger partial charge in [-0.25, -0.2) is 4.98 Å². The fraction of sp³-hybridized carbons (Fsp3) is 0.154. The molecule has 0 atom stereocenters. The molecule has 0 unspecified atom stereocenters. The van der Waals surface area contributed by atoms with Crippen molar-refractivity contribution in [2.75, 3.05) is 7.11 Å². The number of nitrogens with zero attached hydrogens (tertiary/aromatic N) is 2. The molecule has 3 aromatic rings. The van der Waals surface area contributed by atoms with Gasteiger partial charge in [-0.2, -0.15) is 11.3 Å². The van der Waals surface area contributed by atoms with E-state index in [1.807, 2.05) is 25.2 Å². The van der Waals surface area contributed by atoms with E-state index in [1.165, 1.54) is 0 Å². The second kappa shape index (κ2) is 3.89. The van der Waals surface area contributed by atoms with E-state index < -0.39 is 0 Å². The minimum absolute atomic E-state index is 0.840. The Morgan fingerprint density at radius 2 is 2.18 bits per heavy atom. The standard InChI is InChI=1S/C13H12N2OS/c1-15-12-4-3-10(16-2)7-11(12)14-13(15)9-5-6-17-8-9/h3-8H,1-2H3. The number of ether oxygens (including phenoxy) is 1.